The maximum atomic E-state index is 11.8. The van der Waals surface area contributed by atoms with Gasteiger partial charge in [0.25, 0.3) is 0 Å². The molecule has 4 nitrogen and oxygen atoms in total. The molecule has 20 heavy (non-hydrogen) atoms. The van der Waals surface area contributed by atoms with Gasteiger partial charge >= 0.3 is 6.09 Å². The number of aliphatic hydroxyl groups excluding tert-OH is 1. The van der Waals surface area contributed by atoms with E-state index in [-0.39, 0.29) is 6.61 Å². The van der Waals surface area contributed by atoms with Crippen LogP contribution in [0.3, 0.4) is 0 Å². The predicted octanol–water partition coefficient (Wildman–Crippen LogP) is 3.02. The van der Waals surface area contributed by atoms with Gasteiger partial charge in [-0.2, -0.15) is 0 Å². The Morgan fingerprint density at radius 3 is 2.35 bits per heavy atom. The summed E-state index contributed by atoms with van der Waals surface area (Å²) in [5, 5.41) is 12.0. The van der Waals surface area contributed by atoms with Crippen molar-refractivity contribution in [1.82, 2.24) is 5.32 Å². The molecular weight excluding hydrogens is 254 g/mol. The fraction of sp³-hybridized carbons (Fsp3) is 0.562. The molecule has 0 fully saturated rings. The van der Waals surface area contributed by atoms with E-state index in [9.17, 15) is 4.79 Å². The van der Waals surface area contributed by atoms with Crippen LogP contribution >= 0.6 is 0 Å². The molecule has 0 radical (unpaired) electrons. The molecule has 0 saturated heterocycles. The summed E-state index contributed by atoms with van der Waals surface area (Å²) < 4.78 is 5.27. The van der Waals surface area contributed by atoms with Gasteiger partial charge in [0.1, 0.15) is 5.60 Å². The van der Waals surface area contributed by atoms with Crippen molar-refractivity contribution < 1.29 is 14.6 Å². The number of ether oxygens (including phenoxy) is 1. The highest BCUT2D eigenvalue weighted by molar-refractivity contribution is 5.68. The highest BCUT2D eigenvalue weighted by Crippen LogP contribution is 2.16. The van der Waals surface area contributed by atoms with Crippen molar-refractivity contribution in [1.29, 1.82) is 0 Å². The molecule has 0 aromatic heterocycles. The van der Waals surface area contributed by atoms with Crippen molar-refractivity contribution >= 4 is 6.09 Å². The minimum atomic E-state index is -0.503. The van der Waals surface area contributed by atoms with Gasteiger partial charge in [0.05, 0.1) is 6.61 Å². The van der Waals surface area contributed by atoms with Gasteiger partial charge in [-0.25, -0.2) is 4.79 Å². The van der Waals surface area contributed by atoms with Crippen molar-refractivity contribution in [2.45, 2.75) is 58.8 Å². The molecule has 1 aromatic rings. The fourth-order valence-corrected chi connectivity index (χ4v) is 1.97. The maximum Gasteiger partial charge on any atom is 0.408 e. The fourth-order valence-electron chi connectivity index (χ4n) is 1.97. The normalized spacial score (nSPS) is 12.1. The van der Waals surface area contributed by atoms with Crippen molar-refractivity contribution in [3.8, 4) is 0 Å². The highest BCUT2D eigenvalue weighted by atomic mass is 16.6. The summed E-state index contributed by atoms with van der Waals surface area (Å²) in [5.41, 5.74) is 1.01. The molecule has 0 aliphatic carbocycles. The molecule has 0 atom stereocenters. The molecule has 0 saturated carbocycles. The van der Waals surface area contributed by atoms with E-state index in [0.717, 1.165) is 11.1 Å². The zero-order valence-electron chi connectivity index (χ0n) is 13.0. The van der Waals surface area contributed by atoms with E-state index in [0.29, 0.717) is 6.42 Å². The number of alkyl carbamates (subject to hydrolysis) is 1. The second-order valence-electron chi connectivity index (χ2n) is 6.67. The molecule has 1 amide bonds. The number of rotatable bonds is 4. The van der Waals surface area contributed by atoms with Crippen LogP contribution in [-0.4, -0.2) is 22.3 Å². The maximum absolute atomic E-state index is 11.8. The highest BCUT2D eigenvalue weighted by Gasteiger charge is 2.24. The third-order valence-electron chi connectivity index (χ3n) is 2.66. The number of benzene rings is 1. The summed E-state index contributed by atoms with van der Waals surface area (Å²) in [5.74, 6) is 0. The summed E-state index contributed by atoms with van der Waals surface area (Å²) in [7, 11) is 0. The first-order chi connectivity index (χ1) is 9.11. The van der Waals surface area contributed by atoms with Gasteiger partial charge in [-0.15, -0.1) is 0 Å². The Kier molecular flexibility index (Phi) is 5.17. The number of carbonyl (C=O) groups is 1. The molecule has 0 bridgehead atoms. The van der Waals surface area contributed by atoms with Crippen LogP contribution in [0.2, 0.25) is 0 Å². The molecule has 0 aliphatic rings. The third kappa shape index (κ3) is 6.06. The molecule has 0 aliphatic heterocycles. The van der Waals surface area contributed by atoms with Crippen LogP contribution in [0, 0.1) is 0 Å². The van der Waals surface area contributed by atoms with Gasteiger partial charge in [0.2, 0.25) is 0 Å². The summed E-state index contributed by atoms with van der Waals surface area (Å²) in [6.07, 6.45) is 0.251. The first-order valence-electron chi connectivity index (χ1n) is 6.81. The Bertz CT molecular complexity index is 461. The van der Waals surface area contributed by atoms with Crippen LogP contribution < -0.4 is 5.32 Å². The quantitative estimate of drug-likeness (QED) is 0.890. The molecule has 1 aromatic carbocycles. The van der Waals surface area contributed by atoms with Gasteiger partial charge < -0.3 is 15.2 Å². The minimum Gasteiger partial charge on any atom is -0.444 e. The molecule has 1 rings (SSSR count). The number of nitrogens with one attached hydrogen (secondary N) is 1. The van der Waals surface area contributed by atoms with E-state index in [1.165, 1.54) is 0 Å². The third-order valence-corrected chi connectivity index (χ3v) is 2.66. The standard InChI is InChI=1S/C16H25NO3/c1-15(2,3)20-14(19)17-16(4,5)10-12-7-6-8-13(9-12)11-18/h6-9,18H,10-11H2,1-5H3,(H,17,19). The second-order valence-corrected chi connectivity index (χ2v) is 6.67. The van der Waals surface area contributed by atoms with Gasteiger partial charge in [0.15, 0.2) is 0 Å². The van der Waals surface area contributed by atoms with E-state index in [1.807, 2.05) is 58.9 Å². The number of aliphatic hydroxyl groups is 1. The van der Waals surface area contributed by atoms with Gasteiger partial charge in [-0.3, -0.25) is 0 Å². The van der Waals surface area contributed by atoms with E-state index in [1.54, 1.807) is 0 Å². The van der Waals surface area contributed by atoms with Crippen LogP contribution in [-0.2, 0) is 17.8 Å². The molecule has 0 spiro atoms. The lowest BCUT2D eigenvalue weighted by molar-refractivity contribution is 0.0472. The van der Waals surface area contributed by atoms with Crippen molar-refractivity contribution in [3.63, 3.8) is 0 Å². The number of amides is 1. The van der Waals surface area contributed by atoms with E-state index < -0.39 is 17.2 Å². The lowest BCUT2D eigenvalue weighted by Crippen LogP contribution is -2.47. The summed E-state index contributed by atoms with van der Waals surface area (Å²) in [6.45, 7) is 9.43. The van der Waals surface area contributed by atoms with Crippen LogP contribution in [0.15, 0.2) is 24.3 Å². The van der Waals surface area contributed by atoms with Crippen LogP contribution in [0.1, 0.15) is 45.7 Å². The molecule has 4 heteroatoms. The average molecular weight is 279 g/mol. The first-order valence-corrected chi connectivity index (χ1v) is 6.81. The van der Waals surface area contributed by atoms with Crippen molar-refractivity contribution in [3.05, 3.63) is 35.4 Å². The van der Waals surface area contributed by atoms with Crippen LogP contribution in [0.25, 0.3) is 0 Å². The van der Waals surface area contributed by atoms with Gasteiger partial charge in [-0.05, 0) is 52.2 Å². The molecule has 112 valence electrons. The first kappa shape index (κ1) is 16.5. The minimum absolute atomic E-state index is 0.0216. The zero-order valence-corrected chi connectivity index (χ0v) is 13.0. The smallest absolute Gasteiger partial charge is 0.408 e. The molecule has 2 N–H and O–H groups in total. The van der Waals surface area contributed by atoms with Gasteiger partial charge in [0, 0.05) is 5.54 Å². The van der Waals surface area contributed by atoms with Crippen molar-refractivity contribution in [2.24, 2.45) is 0 Å². The van der Waals surface area contributed by atoms with E-state index in [4.69, 9.17) is 9.84 Å². The Hall–Kier alpha value is -1.55. The Morgan fingerprint density at radius 1 is 1.20 bits per heavy atom. The number of hydrogen-bond donors (Lipinski definition) is 2. The van der Waals surface area contributed by atoms with Crippen molar-refractivity contribution in [2.75, 3.05) is 0 Å². The SMILES string of the molecule is CC(C)(Cc1cccc(CO)c1)NC(=O)OC(C)(C)C. The second kappa shape index (κ2) is 6.27. The summed E-state index contributed by atoms with van der Waals surface area (Å²) in [6, 6.07) is 7.71. The lowest BCUT2D eigenvalue weighted by Gasteiger charge is -2.29. The summed E-state index contributed by atoms with van der Waals surface area (Å²) in [4.78, 5) is 11.8. The van der Waals surface area contributed by atoms with Crippen LogP contribution in [0.4, 0.5) is 4.79 Å². The lowest BCUT2D eigenvalue weighted by atomic mass is 9.94. The van der Waals surface area contributed by atoms with E-state index in [2.05, 4.69) is 5.32 Å². The average Bonchev–Trinajstić information content (AvgIpc) is 2.24. The molecule has 0 heterocycles. The zero-order chi connectivity index (χ0) is 15.4. The Labute approximate surface area is 121 Å². The van der Waals surface area contributed by atoms with Gasteiger partial charge in [-0.1, -0.05) is 24.3 Å². The Morgan fingerprint density at radius 2 is 1.80 bits per heavy atom. The molecular formula is C16H25NO3. The number of hydrogen-bond acceptors (Lipinski definition) is 3. The summed E-state index contributed by atoms with van der Waals surface area (Å²) >= 11 is 0. The number of carbonyl (C=O) groups excluding carboxylic acids is 1. The predicted molar refractivity (Wildman–Crippen MR) is 79.5 cm³/mol. The molecule has 0 unspecified atom stereocenters. The monoisotopic (exact) mass is 279 g/mol. The largest absolute Gasteiger partial charge is 0.444 e. The Balaban J connectivity index is 2.66. The topological polar surface area (TPSA) is 58.6 Å². The van der Waals surface area contributed by atoms with E-state index >= 15 is 0 Å². The van der Waals surface area contributed by atoms with Crippen LogP contribution in [0.5, 0.6) is 0 Å².